The summed E-state index contributed by atoms with van der Waals surface area (Å²) in [5, 5.41) is 0. The quantitative estimate of drug-likeness (QED) is 0.849. The normalized spacial score (nSPS) is 12.7. The number of rotatable bonds is 5. The van der Waals surface area contributed by atoms with Gasteiger partial charge >= 0.3 is 0 Å². The molecule has 0 saturated heterocycles. The maximum atomic E-state index is 12.9. The van der Waals surface area contributed by atoms with E-state index in [1.807, 2.05) is 4.72 Å². The monoisotopic (exact) mass is 278 g/mol. The van der Waals surface area contributed by atoms with Gasteiger partial charge < -0.3 is 5.73 Å². The average Bonchev–Trinajstić information content (AvgIpc) is 2.25. The first-order valence-corrected chi connectivity index (χ1v) is 6.80. The molecule has 4 nitrogen and oxygen atoms in total. The Bertz CT molecular complexity index is 510. The summed E-state index contributed by atoms with van der Waals surface area (Å²) in [5.74, 6) is -3.24. The van der Waals surface area contributed by atoms with E-state index in [9.17, 15) is 17.2 Å². The van der Waals surface area contributed by atoms with Crippen molar-refractivity contribution in [1.29, 1.82) is 0 Å². The Morgan fingerprint density at radius 1 is 1.22 bits per heavy atom. The molecule has 0 unspecified atom stereocenters. The van der Waals surface area contributed by atoms with Gasteiger partial charge in [-0.15, -0.1) is 0 Å². The van der Waals surface area contributed by atoms with Crippen LogP contribution in [0.15, 0.2) is 23.1 Å². The van der Waals surface area contributed by atoms with Crippen molar-refractivity contribution in [1.82, 2.24) is 4.72 Å². The van der Waals surface area contributed by atoms with Crippen LogP contribution < -0.4 is 10.5 Å². The second-order valence-corrected chi connectivity index (χ2v) is 5.97. The van der Waals surface area contributed by atoms with Crippen LogP contribution in [-0.4, -0.2) is 27.4 Å². The van der Waals surface area contributed by atoms with Crippen molar-refractivity contribution in [2.24, 2.45) is 5.73 Å². The van der Waals surface area contributed by atoms with Crippen LogP contribution in [0.1, 0.15) is 11.1 Å². The predicted octanol–water partition coefficient (Wildman–Crippen LogP) is 1.18. The van der Waals surface area contributed by atoms with Crippen molar-refractivity contribution < 1.29 is 17.2 Å². The van der Waals surface area contributed by atoms with Crippen molar-refractivity contribution in [3.8, 4) is 0 Å². The molecule has 0 heterocycles. The van der Waals surface area contributed by atoms with E-state index in [0.29, 0.717) is 0 Å². The number of hydrogen-bond acceptors (Lipinski definition) is 3. The molecule has 0 bridgehead atoms. The zero-order chi connectivity index (χ0) is 14.0. The molecule has 0 amide bonds. The zero-order valence-electron chi connectivity index (χ0n) is 10.2. The molecule has 1 aromatic rings. The third-order valence-electron chi connectivity index (χ3n) is 2.32. The van der Waals surface area contributed by atoms with Crippen LogP contribution >= 0.6 is 0 Å². The smallest absolute Gasteiger partial charge is 0.273 e. The van der Waals surface area contributed by atoms with Crippen molar-refractivity contribution in [3.05, 3.63) is 29.3 Å². The summed E-state index contributed by atoms with van der Waals surface area (Å²) in [4.78, 5) is -0.0205. The van der Waals surface area contributed by atoms with Gasteiger partial charge in [0.05, 0.1) is 18.0 Å². The van der Waals surface area contributed by atoms with E-state index in [-0.39, 0.29) is 4.90 Å². The number of benzene rings is 1. The fraction of sp³-hybridized carbons (Fsp3) is 0.455. The summed E-state index contributed by atoms with van der Waals surface area (Å²) in [6, 6.07) is 4.65. The van der Waals surface area contributed by atoms with Gasteiger partial charge in [0.25, 0.3) is 5.92 Å². The third kappa shape index (κ3) is 4.01. The molecule has 0 radical (unpaired) electrons. The molecule has 0 aliphatic heterocycles. The number of sulfonamides is 1. The van der Waals surface area contributed by atoms with Gasteiger partial charge in [-0.25, -0.2) is 21.9 Å². The molecular formula is C11H16F2N2O2S. The van der Waals surface area contributed by atoms with E-state index < -0.39 is 29.0 Å². The summed E-state index contributed by atoms with van der Waals surface area (Å²) in [5.41, 5.74) is 6.34. The third-order valence-corrected chi connectivity index (χ3v) is 3.71. The highest BCUT2D eigenvalue weighted by atomic mass is 32.2. The van der Waals surface area contributed by atoms with Crippen LogP contribution in [0.3, 0.4) is 0 Å². The maximum absolute atomic E-state index is 12.9. The van der Waals surface area contributed by atoms with Crippen LogP contribution in [-0.2, 0) is 10.0 Å². The van der Waals surface area contributed by atoms with Gasteiger partial charge in [-0.3, -0.25) is 0 Å². The predicted molar refractivity (Wildman–Crippen MR) is 65.1 cm³/mol. The van der Waals surface area contributed by atoms with E-state index in [1.54, 1.807) is 19.9 Å². The number of halogens is 2. The van der Waals surface area contributed by atoms with E-state index >= 15 is 0 Å². The summed E-state index contributed by atoms with van der Waals surface area (Å²) < 4.78 is 51.3. The van der Waals surface area contributed by atoms with Gasteiger partial charge in [0.2, 0.25) is 10.0 Å². The number of nitrogens with two attached hydrogens (primary N) is 1. The van der Waals surface area contributed by atoms with Crippen molar-refractivity contribution in [3.63, 3.8) is 0 Å². The molecule has 7 heteroatoms. The van der Waals surface area contributed by atoms with Crippen LogP contribution in [0.5, 0.6) is 0 Å². The van der Waals surface area contributed by atoms with E-state index in [4.69, 9.17) is 5.73 Å². The summed E-state index contributed by atoms with van der Waals surface area (Å²) >= 11 is 0. The van der Waals surface area contributed by atoms with Gasteiger partial charge in [-0.2, -0.15) is 0 Å². The lowest BCUT2D eigenvalue weighted by Crippen LogP contribution is -2.41. The van der Waals surface area contributed by atoms with E-state index in [1.165, 1.54) is 12.1 Å². The number of alkyl halides is 2. The average molecular weight is 278 g/mol. The molecule has 0 aliphatic rings. The highest BCUT2D eigenvalue weighted by Crippen LogP contribution is 2.16. The van der Waals surface area contributed by atoms with Crippen LogP contribution in [0.2, 0.25) is 0 Å². The molecular weight excluding hydrogens is 262 g/mol. The molecule has 102 valence electrons. The number of hydrogen-bond donors (Lipinski definition) is 2. The second-order valence-electron chi connectivity index (χ2n) is 4.21. The molecule has 0 spiro atoms. The minimum Gasteiger partial charge on any atom is -0.325 e. The fourth-order valence-corrected chi connectivity index (χ4v) is 2.69. The Hall–Kier alpha value is -1.05. The van der Waals surface area contributed by atoms with E-state index in [0.717, 1.165) is 11.1 Å². The first-order valence-electron chi connectivity index (χ1n) is 5.32. The Balaban J connectivity index is 2.93. The fourth-order valence-electron chi connectivity index (χ4n) is 1.44. The van der Waals surface area contributed by atoms with Crippen molar-refractivity contribution in [2.45, 2.75) is 24.7 Å². The molecule has 0 aromatic heterocycles. The second kappa shape index (κ2) is 5.29. The van der Waals surface area contributed by atoms with E-state index in [2.05, 4.69) is 0 Å². The Morgan fingerprint density at radius 2 is 1.72 bits per heavy atom. The molecule has 1 rings (SSSR count). The van der Waals surface area contributed by atoms with Crippen LogP contribution in [0, 0.1) is 13.8 Å². The highest BCUT2D eigenvalue weighted by Gasteiger charge is 2.29. The van der Waals surface area contributed by atoms with Crippen molar-refractivity contribution >= 4 is 10.0 Å². The molecule has 0 saturated carbocycles. The summed E-state index contributed by atoms with van der Waals surface area (Å²) in [6.07, 6.45) is 0. The largest absolute Gasteiger partial charge is 0.325 e. The SMILES string of the molecule is Cc1cc(C)cc(S(=O)(=O)NCC(F)(F)CN)c1. The standard InChI is InChI=1S/C11H16F2N2O2S/c1-8-3-9(2)5-10(4-8)18(16,17)15-7-11(12,13)6-14/h3-5,15H,6-7,14H2,1-2H3. The lowest BCUT2D eigenvalue weighted by atomic mass is 10.2. The Labute approximate surface area is 105 Å². The zero-order valence-corrected chi connectivity index (χ0v) is 11.0. The van der Waals surface area contributed by atoms with Gasteiger partial charge in [-0.1, -0.05) is 6.07 Å². The minimum atomic E-state index is -3.93. The lowest BCUT2D eigenvalue weighted by Gasteiger charge is -2.15. The summed E-state index contributed by atoms with van der Waals surface area (Å²) in [6.45, 7) is 1.57. The molecule has 0 atom stereocenters. The first kappa shape index (κ1) is 15.0. The van der Waals surface area contributed by atoms with Crippen LogP contribution in [0.4, 0.5) is 8.78 Å². The van der Waals surface area contributed by atoms with Crippen molar-refractivity contribution in [2.75, 3.05) is 13.1 Å². The molecule has 18 heavy (non-hydrogen) atoms. The van der Waals surface area contributed by atoms with Gasteiger partial charge in [0.15, 0.2) is 0 Å². The Kier molecular flexibility index (Phi) is 4.41. The number of nitrogens with one attached hydrogen (secondary N) is 1. The minimum absolute atomic E-state index is 0.0205. The van der Waals surface area contributed by atoms with Gasteiger partial charge in [-0.05, 0) is 37.1 Å². The van der Waals surface area contributed by atoms with Crippen LogP contribution in [0.25, 0.3) is 0 Å². The molecule has 0 aliphatic carbocycles. The topological polar surface area (TPSA) is 72.2 Å². The molecule has 0 fully saturated rings. The number of aryl methyl sites for hydroxylation is 2. The maximum Gasteiger partial charge on any atom is 0.273 e. The molecule has 3 N–H and O–H groups in total. The first-order chi connectivity index (χ1) is 8.16. The highest BCUT2D eigenvalue weighted by molar-refractivity contribution is 7.89. The van der Waals surface area contributed by atoms with Gasteiger partial charge in [0, 0.05) is 0 Å². The van der Waals surface area contributed by atoms with Gasteiger partial charge in [0.1, 0.15) is 0 Å². The summed E-state index contributed by atoms with van der Waals surface area (Å²) in [7, 11) is -3.93. The molecule has 1 aromatic carbocycles. The lowest BCUT2D eigenvalue weighted by molar-refractivity contribution is 0.0170. The Morgan fingerprint density at radius 3 is 2.17 bits per heavy atom.